The van der Waals surface area contributed by atoms with Crippen LogP contribution in [-0.4, -0.2) is 36.3 Å². The highest BCUT2D eigenvalue weighted by atomic mass is 16.5. The van der Waals surface area contributed by atoms with Crippen LogP contribution in [0.4, 0.5) is 5.82 Å². The second kappa shape index (κ2) is 5.70. The summed E-state index contributed by atoms with van der Waals surface area (Å²) in [6.07, 6.45) is 3.21. The van der Waals surface area contributed by atoms with Crippen molar-refractivity contribution in [3.8, 4) is 0 Å². The SMILES string of the molecule is Cc1nc(N2C[C@@H](C)O[C@@H](C)C2)ccc1CNC1CC1. The number of morpholine rings is 1. The van der Waals surface area contributed by atoms with E-state index in [0.717, 1.165) is 37.2 Å². The molecule has 0 unspecified atom stereocenters. The molecular formula is C16H25N3O. The van der Waals surface area contributed by atoms with Gasteiger partial charge in [0.05, 0.1) is 12.2 Å². The minimum Gasteiger partial charge on any atom is -0.372 e. The second-order valence-corrected chi connectivity index (χ2v) is 6.23. The molecule has 110 valence electrons. The summed E-state index contributed by atoms with van der Waals surface area (Å²) in [5.74, 6) is 1.08. The number of nitrogens with zero attached hydrogens (tertiary/aromatic N) is 2. The Kier molecular flexibility index (Phi) is 3.94. The molecule has 1 aromatic rings. The molecule has 1 aliphatic carbocycles. The van der Waals surface area contributed by atoms with Gasteiger partial charge in [0.15, 0.2) is 0 Å². The van der Waals surface area contributed by atoms with Crippen LogP contribution in [0.15, 0.2) is 12.1 Å². The maximum atomic E-state index is 5.78. The highest BCUT2D eigenvalue weighted by Gasteiger charge is 2.24. The molecule has 20 heavy (non-hydrogen) atoms. The third kappa shape index (κ3) is 3.30. The third-order valence-corrected chi connectivity index (χ3v) is 4.08. The summed E-state index contributed by atoms with van der Waals surface area (Å²) < 4.78 is 5.78. The molecule has 1 saturated carbocycles. The summed E-state index contributed by atoms with van der Waals surface area (Å²) in [4.78, 5) is 7.13. The van der Waals surface area contributed by atoms with Crippen LogP contribution in [0.25, 0.3) is 0 Å². The molecule has 2 fully saturated rings. The van der Waals surface area contributed by atoms with Crippen molar-refractivity contribution in [3.63, 3.8) is 0 Å². The molecule has 1 aromatic heterocycles. The van der Waals surface area contributed by atoms with Crippen molar-refractivity contribution in [3.05, 3.63) is 23.4 Å². The van der Waals surface area contributed by atoms with Crippen LogP contribution in [0.2, 0.25) is 0 Å². The van der Waals surface area contributed by atoms with E-state index in [4.69, 9.17) is 9.72 Å². The van der Waals surface area contributed by atoms with Crippen molar-refractivity contribution < 1.29 is 4.74 Å². The number of nitrogens with one attached hydrogen (secondary N) is 1. The van der Waals surface area contributed by atoms with Gasteiger partial charge >= 0.3 is 0 Å². The molecule has 4 heteroatoms. The summed E-state index contributed by atoms with van der Waals surface area (Å²) in [5, 5.41) is 3.55. The van der Waals surface area contributed by atoms with Gasteiger partial charge < -0.3 is 15.0 Å². The first kappa shape index (κ1) is 13.8. The van der Waals surface area contributed by atoms with E-state index in [1.165, 1.54) is 18.4 Å². The summed E-state index contributed by atoms with van der Waals surface area (Å²) in [5.41, 5.74) is 2.46. The lowest BCUT2D eigenvalue weighted by Gasteiger charge is -2.36. The van der Waals surface area contributed by atoms with Gasteiger partial charge in [0.1, 0.15) is 5.82 Å². The molecule has 1 saturated heterocycles. The third-order valence-electron chi connectivity index (χ3n) is 4.08. The molecule has 2 heterocycles. The first-order valence-corrected chi connectivity index (χ1v) is 7.72. The largest absolute Gasteiger partial charge is 0.372 e. The van der Waals surface area contributed by atoms with Crippen LogP contribution < -0.4 is 10.2 Å². The van der Waals surface area contributed by atoms with Crippen molar-refractivity contribution in [2.75, 3.05) is 18.0 Å². The van der Waals surface area contributed by atoms with Crippen LogP contribution >= 0.6 is 0 Å². The second-order valence-electron chi connectivity index (χ2n) is 6.23. The molecule has 3 rings (SSSR count). The Labute approximate surface area is 121 Å². The smallest absolute Gasteiger partial charge is 0.128 e. The molecule has 0 radical (unpaired) electrons. The van der Waals surface area contributed by atoms with Crippen molar-refractivity contribution in [1.82, 2.24) is 10.3 Å². The average molecular weight is 275 g/mol. The van der Waals surface area contributed by atoms with Gasteiger partial charge in [-0.1, -0.05) is 6.07 Å². The van der Waals surface area contributed by atoms with Crippen molar-refractivity contribution >= 4 is 5.82 Å². The maximum Gasteiger partial charge on any atom is 0.128 e. The van der Waals surface area contributed by atoms with Gasteiger partial charge in [-0.3, -0.25) is 0 Å². The molecule has 1 N–H and O–H groups in total. The highest BCUT2D eigenvalue weighted by Crippen LogP contribution is 2.22. The van der Waals surface area contributed by atoms with E-state index < -0.39 is 0 Å². The number of pyridine rings is 1. The van der Waals surface area contributed by atoms with Crippen LogP contribution in [0.5, 0.6) is 0 Å². The topological polar surface area (TPSA) is 37.4 Å². The van der Waals surface area contributed by atoms with Crippen LogP contribution in [-0.2, 0) is 11.3 Å². The molecule has 4 nitrogen and oxygen atoms in total. The van der Waals surface area contributed by atoms with E-state index >= 15 is 0 Å². The maximum absolute atomic E-state index is 5.78. The summed E-state index contributed by atoms with van der Waals surface area (Å²) in [6, 6.07) is 5.12. The predicted molar refractivity (Wildman–Crippen MR) is 81.1 cm³/mol. The van der Waals surface area contributed by atoms with Gasteiger partial charge in [0.2, 0.25) is 0 Å². The van der Waals surface area contributed by atoms with Gasteiger partial charge in [0, 0.05) is 31.4 Å². The van der Waals surface area contributed by atoms with E-state index in [2.05, 4.69) is 43.1 Å². The molecule has 1 aliphatic heterocycles. The summed E-state index contributed by atoms with van der Waals surface area (Å²) >= 11 is 0. The number of ether oxygens (including phenoxy) is 1. The summed E-state index contributed by atoms with van der Waals surface area (Å²) in [7, 11) is 0. The van der Waals surface area contributed by atoms with Gasteiger partial charge in [-0.25, -0.2) is 4.98 Å². The van der Waals surface area contributed by atoms with E-state index in [9.17, 15) is 0 Å². The van der Waals surface area contributed by atoms with Gasteiger partial charge in [-0.15, -0.1) is 0 Å². The first-order valence-electron chi connectivity index (χ1n) is 7.72. The number of aryl methyl sites for hydroxylation is 1. The number of anilines is 1. The number of hydrogen-bond acceptors (Lipinski definition) is 4. The number of hydrogen-bond donors (Lipinski definition) is 1. The van der Waals surface area contributed by atoms with E-state index in [1.54, 1.807) is 0 Å². The zero-order chi connectivity index (χ0) is 14.1. The minimum absolute atomic E-state index is 0.275. The highest BCUT2D eigenvalue weighted by molar-refractivity contribution is 5.42. The Balaban J connectivity index is 1.68. The quantitative estimate of drug-likeness (QED) is 0.914. The molecule has 0 bridgehead atoms. The van der Waals surface area contributed by atoms with Gasteiger partial charge in [0.25, 0.3) is 0 Å². The molecule has 2 atom stereocenters. The number of aromatic nitrogens is 1. The molecule has 0 aromatic carbocycles. The minimum atomic E-state index is 0.275. The molecule has 2 aliphatic rings. The Morgan fingerprint density at radius 2 is 1.95 bits per heavy atom. The fourth-order valence-electron chi connectivity index (χ4n) is 2.85. The van der Waals surface area contributed by atoms with Gasteiger partial charge in [-0.05, 0) is 45.2 Å². The molecular weight excluding hydrogens is 250 g/mol. The fourth-order valence-corrected chi connectivity index (χ4v) is 2.85. The lowest BCUT2D eigenvalue weighted by molar-refractivity contribution is -0.00546. The van der Waals surface area contributed by atoms with Crippen LogP contribution in [0.1, 0.15) is 37.9 Å². The first-order chi connectivity index (χ1) is 9.61. The Bertz CT molecular complexity index is 463. The normalized spacial score (nSPS) is 26.9. The predicted octanol–water partition coefficient (Wildman–Crippen LogP) is 2.26. The average Bonchev–Trinajstić information content (AvgIpc) is 3.20. The lowest BCUT2D eigenvalue weighted by Crippen LogP contribution is -2.45. The van der Waals surface area contributed by atoms with Gasteiger partial charge in [-0.2, -0.15) is 0 Å². The zero-order valence-corrected chi connectivity index (χ0v) is 12.7. The van der Waals surface area contributed by atoms with Crippen LogP contribution in [0.3, 0.4) is 0 Å². The van der Waals surface area contributed by atoms with Crippen molar-refractivity contribution in [1.29, 1.82) is 0 Å². The molecule has 0 spiro atoms. The standard InChI is InChI=1S/C16H25N3O/c1-11-9-19(10-12(2)20-11)16-7-4-14(13(3)18-16)8-17-15-5-6-15/h4,7,11-12,15,17H,5-6,8-10H2,1-3H3/t11-,12+. The Hall–Kier alpha value is -1.13. The van der Waals surface area contributed by atoms with Crippen molar-refractivity contribution in [2.24, 2.45) is 0 Å². The Morgan fingerprint density at radius 3 is 2.55 bits per heavy atom. The molecule has 0 amide bonds. The van der Waals surface area contributed by atoms with E-state index in [-0.39, 0.29) is 12.2 Å². The number of rotatable bonds is 4. The van der Waals surface area contributed by atoms with Crippen molar-refractivity contribution in [2.45, 2.75) is 58.4 Å². The monoisotopic (exact) mass is 275 g/mol. The Morgan fingerprint density at radius 1 is 1.25 bits per heavy atom. The lowest BCUT2D eigenvalue weighted by atomic mass is 10.2. The zero-order valence-electron chi connectivity index (χ0n) is 12.7. The van der Waals surface area contributed by atoms with Crippen LogP contribution in [0, 0.1) is 6.92 Å². The fraction of sp³-hybridized carbons (Fsp3) is 0.688. The van der Waals surface area contributed by atoms with E-state index in [1.807, 2.05) is 0 Å². The van der Waals surface area contributed by atoms with E-state index in [0.29, 0.717) is 0 Å². The summed E-state index contributed by atoms with van der Waals surface area (Å²) in [6.45, 7) is 9.17.